The van der Waals surface area contributed by atoms with E-state index >= 15 is 0 Å². The molecular weight excluding hydrogens is 316 g/mol. The largest absolute Gasteiger partial charge is 0.465 e. The molecule has 0 amide bonds. The third kappa shape index (κ3) is 3.24. The monoisotopic (exact) mass is 350 g/mol. The number of esters is 2. The Morgan fingerprint density at radius 2 is 1.20 bits per heavy atom. The van der Waals surface area contributed by atoms with Crippen LogP contribution in [0.3, 0.4) is 0 Å². The van der Waals surface area contributed by atoms with Gasteiger partial charge in [-0.05, 0) is 32.1 Å². The Bertz CT molecular complexity index is 539. The van der Waals surface area contributed by atoms with Crippen LogP contribution in [0.15, 0.2) is 11.1 Å². The van der Waals surface area contributed by atoms with Crippen molar-refractivity contribution in [1.29, 1.82) is 0 Å². The average molecular weight is 350 g/mol. The molecule has 25 heavy (non-hydrogen) atoms. The minimum atomic E-state index is -0.459. The molecule has 4 unspecified atom stereocenters. The van der Waals surface area contributed by atoms with Gasteiger partial charge in [0.15, 0.2) is 0 Å². The number of fused-ring (bicyclic) bond motifs is 2. The molecule has 4 heteroatoms. The number of rotatable bonds is 6. The molecule has 0 saturated heterocycles. The fourth-order valence-electron chi connectivity index (χ4n) is 4.78. The van der Waals surface area contributed by atoms with Crippen LogP contribution in [0.5, 0.6) is 0 Å². The Kier molecular flexibility index (Phi) is 5.42. The van der Waals surface area contributed by atoms with Gasteiger partial charge in [0.2, 0.25) is 0 Å². The van der Waals surface area contributed by atoms with E-state index in [1.54, 1.807) is 0 Å². The molecule has 4 nitrogen and oxygen atoms in total. The molecule has 0 aromatic carbocycles. The lowest BCUT2D eigenvalue weighted by Gasteiger charge is -2.39. The van der Waals surface area contributed by atoms with E-state index < -0.39 is 11.8 Å². The van der Waals surface area contributed by atoms with E-state index in [2.05, 4.69) is 27.7 Å². The van der Waals surface area contributed by atoms with E-state index in [4.69, 9.17) is 9.47 Å². The van der Waals surface area contributed by atoms with Gasteiger partial charge in [0, 0.05) is 10.8 Å². The molecule has 0 heterocycles. The summed E-state index contributed by atoms with van der Waals surface area (Å²) in [6, 6.07) is 0. The lowest BCUT2D eigenvalue weighted by molar-refractivity contribution is -0.166. The van der Waals surface area contributed by atoms with Crippen LogP contribution in [0.2, 0.25) is 0 Å². The van der Waals surface area contributed by atoms with Gasteiger partial charge in [-0.1, -0.05) is 52.7 Å². The second kappa shape index (κ2) is 6.77. The van der Waals surface area contributed by atoms with Gasteiger partial charge in [-0.2, -0.15) is 0 Å². The molecule has 0 aliphatic heterocycles. The first kappa shape index (κ1) is 20.0. The molecular formula is C21H34O4. The van der Waals surface area contributed by atoms with E-state index in [-0.39, 0.29) is 34.6 Å². The standard InChI is InChI=1S/C21H34O4/c1-12(2)9-24-18(22)16-17(19(23)25-10-13(3)4)21(8)11-20(16,7)14(5)15(21)6/h12-13,16-17H,9-11H2,1-8H3. The summed E-state index contributed by atoms with van der Waals surface area (Å²) >= 11 is 0. The highest BCUT2D eigenvalue weighted by molar-refractivity contribution is 5.86. The van der Waals surface area contributed by atoms with Gasteiger partial charge < -0.3 is 9.47 Å². The molecule has 0 radical (unpaired) electrons. The van der Waals surface area contributed by atoms with Crippen LogP contribution in [-0.4, -0.2) is 25.2 Å². The fraction of sp³-hybridized carbons (Fsp3) is 0.810. The number of allylic oxidation sites excluding steroid dienone is 2. The minimum Gasteiger partial charge on any atom is -0.465 e. The second-order valence-corrected chi connectivity index (χ2v) is 9.26. The summed E-state index contributed by atoms with van der Waals surface area (Å²) in [5.41, 5.74) is 1.81. The van der Waals surface area contributed by atoms with Crippen LogP contribution in [0.4, 0.5) is 0 Å². The zero-order valence-corrected chi connectivity index (χ0v) is 17.1. The maximum Gasteiger partial charge on any atom is 0.310 e. The zero-order valence-electron chi connectivity index (χ0n) is 17.1. The molecule has 0 aromatic heterocycles. The van der Waals surface area contributed by atoms with Crippen LogP contribution >= 0.6 is 0 Å². The maximum absolute atomic E-state index is 12.9. The highest BCUT2D eigenvalue weighted by Gasteiger charge is 2.68. The minimum absolute atomic E-state index is 0.252. The van der Waals surface area contributed by atoms with Gasteiger partial charge in [0.25, 0.3) is 0 Å². The van der Waals surface area contributed by atoms with Gasteiger partial charge in [0.1, 0.15) is 0 Å². The lowest BCUT2D eigenvalue weighted by atomic mass is 9.65. The summed E-state index contributed by atoms with van der Waals surface area (Å²) in [6.45, 7) is 17.2. The zero-order chi connectivity index (χ0) is 19.2. The predicted molar refractivity (Wildman–Crippen MR) is 97.8 cm³/mol. The Labute approximate surface area is 152 Å². The normalized spacial score (nSPS) is 34.2. The first-order valence-corrected chi connectivity index (χ1v) is 9.46. The van der Waals surface area contributed by atoms with E-state index in [1.807, 2.05) is 27.7 Å². The van der Waals surface area contributed by atoms with Gasteiger partial charge in [-0.15, -0.1) is 0 Å². The summed E-state index contributed by atoms with van der Waals surface area (Å²) in [5, 5.41) is 0. The molecule has 4 atom stereocenters. The quantitative estimate of drug-likeness (QED) is 0.527. The maximum atomic E-state index is 12.9. The summed E-state index contributed by atoms with van der Waals surface area (Å²) in [6.07, 6.45) is 0.806. The van der Waals surface area contributed by atoms with Crippen molar-refractivity contribution in [2.75, 3.05) is 13.2 Å². The SMILES string of the molecule is CC1=C(C)C2(C)CC1(C)C(C(=O)OCC(C)C)C2C(=O)OCC(C)C. The van der Waals surface area contributed by atoms with E-state index in [0.29, 0.717) is 13.2 Å². The molecule has 1 saturated carbocycles. The molecule has 142 valence electrons. The number of carbonyl (C=O) groups is 2. The van der Waals surface area contributed by atoms with E-state index in [0.717, 1.165) is 6.42 Å². The summed E-state index contributed by atoms with van der Waals surface area (Å²) in [7, 11) is 0. The van der Waals surface area contributed by atoms with Gasteiger partial charge in [-0.3, -0.25) is 9.59 Å². The highest BCUT2D eigenvalue weighted by Crippen LogP contribution is 2.69. The molecule has 2 rings (SSSR count). The Morgan fingerprint density at radius 3 is 1.48 bits per heavy atom. The molecule has 2 bridgehead atoms. The molecule has 0 spiro atoms. The Hall–Kier alpha value is -1.32. The van der Waals surface area contributed by atoms with Crippen LogP contribution in [0.1, 0.15) is 61.8 Å². The lowest BCUT2D eigenvalue weighted by Crippen LogP contribution is -2.44. The van der Waals surface area contributed by atoms with E-state index in [9.17, 15) is 9.59 Å². The number of hydrogen-bond donors (Lipinski definition) is 0. The Morgan fingerprint density at radius 1 is 0.880 bits per heavy atom. The topological polar surface area (TPSA) is 52.6 Å². The van der Waals surface area contributed by atoms with Crippen molar-refractivity contribution in [2.24, 2.45) is 34.5 Å². The van der Waals surface area contributed by atoms with Gasteiger partial charge >= 0.3 is 11.9 Å². The van der Waals surface area contributed by atoms with Crippen molar-refractivity contribution in [2.45, 2.75) is 61.8 Å². The summed E-state index contributed by atoms with van der Waals surface area (Å²) < 4.78 is 11.1. The van der Waals surface area contributed by atoms with Gasteiger partial charge in [-0.25, -0.2) is 0 Å². The van der Waals surface area contributed by atoms with Crippen molar-refractivity contribution >= 4 is 11.9 Å². The second-order valence-electron chi connectivity index (χ2n) is 9.26. The van der Waals surface area contributed by atoms with Crippen molar-refractivity contribution in [3.63, 3.8) is 0 Å². The third-order valence-corrected chi connectivity index (χ3v) is 6.34. The van der Waals surface area contributed by atoms with Crippen LogP contribution < -0.4 is 0 Å². The number of carbonyl (C=O) groups excluding carboxylic acids is 2. The average Bonchev–Trinajstić information content (AvgIpc) is 2.86. The predicted octanol–water partition coefficient (Wildman–Crippen LogP) is 4.38. The molecule has 1 fully saturated rings. The van der Waals surface area contributed by atoms with Crippen molar-refractivity contribution < 1.29 is 19.1 Å². The molecule has 0 N–H and O–H groups in total. The Balaban J connectivity index is 2.36. The first-order valence-electron chi connectivity index (χ1n) is 9.46. The highest BCUT2D eigenvalue weighted by atomic mass is 16.5. The third-order valence-electron chi connectivity index (χ3n) is 6.34. The molecule has 0 aromatic rings. The number of ether oxygens (including phenoxy) is 2. The first-order chi connectivity index (χ1) is 11.4. The summed E-state index contributed by atoms with van der Waals surface area (Å²) in [5.74, 6) is -0.873. The van der Waals surface area contributed by atoms with Crippen molar-refractivity contribution in [3.05, 3.63) is 11.1 Å². The summed E-state index contributed by atoms with van der Waals surface area (Å²) in [4.78, 5) is 25.9. The fourth-order valence-corrected chi connectivity index (χ4v) is 4.78. The van der Waals surface area contributed by atoms with Crippen molar-refractivity contribution in [1.82, 2.24) is 0 Å². The van der Waals surface area contributed by atoms with Crippen LogP contribution in [0, 0.1) is 34.5 Å². The van der Waals surface area contributed by atoms with Crippen LogP contribution in [0.25, 0.3) is 0 Å². The number of hydrogen-bond acceptors (Lipinski definition) is 4. The van der Waals surface area contributed by atoms with E-state index in [1.165, 1.54) is 11.1 Å². The van der Waals surface area contributed by atoms with Crippen molar-refractivity contribution in [3.8, 4) is 0 Å². The molecule has 2 aliphatic rings. The molecule has 2 aliphatic carbocycles. The van der Waals surface area contributed by atoms with Gasteiger partial charge in [0.05, 0.1) is 25.0 Å². The van der Waals surface area contributed by atoms with Crippen LogP contribution in [-0.2, 0) is 19.1 Å². The smallest absolute Gasteiger partial charge is 0.310 e.